The Kier molecular flexibility index (Phi) is 5.46. The van der Waals surface area contributed by atoms with E-state index in [0.717, 1.165) is 24.8 Å². The van der Waals surface area contributed by atoms with E-state index in [1.54, 1.807) is 19.2 Å². The van der Waals surface area contributed by atoms with Crippen LogP contribution in [0.1, 0.15) is 51.7 Å². The van der Waals surface area contributed by atoms with Crippen molar-refractivity contribution in [2.24, 2.45) is 0 Å². The molecule has 0 aliphatic rings. The van der Waals surface area contributed by atoms with Crippen LogP contribution in [0.3, 0.4) is 0 Å². The molecule has 23 heavy (non-hydrogen) atoms. The molecule has 2 heteroatoms. The van der Waals surface area contributed by atoms with E-state index in [0.29, 0.717) is 11.3 Å². The summed E-state index contributed by atoms with van der Waals surface area (Å²) in [5, 5.41) is 0. The van der Waals surface area contributed by atoms with Crippen LogP contribution in [-0.2, 0) is 11.8 Å². The van der Waals surface area contributed by atoms with Gasteiger partial charge in [0.05, 0.1) is 7.11 Å². The molecular weight excluding hydrogens is 287 g/mol. The van der Waals surface area contributed by atoms with Gasteiger partial charge in [-0.1, -0.05) is 52.3 Å². The Hall–Kier alpha value is -1.83. The second kappa shape index (κ2) is 7.16. The van der Waals surface area contributed by atoms with E-state index in [9.17, 15) is 4.39 Å². The molecule has 0 saturated carbocycles. The van der Waals surface area contributed by atoms with Crippen LogP contribution < -0.4 is 4.74 Å². The number of rotatable bonds is 6. The van der Waals surface area contributed by atoms with Crippen LogP contribution in [-0.4, -0.2) is 7.11 Å². The fourth-order valence-corrected chi connectivity index (χ4v) is 3.20. The molecule has 0 unspecified atom stereocenters. The first-order chi connectivity index (χ1) is 10.9. The van der Waals surface area contributed by atoms with Gasteiger partial charge >= 0.3 is 0 Å². The van der Waals surface area contributed by atoms with E-state index in [2.05, 4.69) is 45.9 Å². The third-order valence-corrected chi connectivity index (χ3v) is 4.56. The zero-order valence-electron chi connectivity index (χ0n) is 14.9. The molecule has 2 aromatic rings. The van der Waals surface area contributed by atoms with Crippen molar-refractivity contribution in [3.8, 4) is 16.9 Å². The largest absolute Gasteiger partial charge is 0.497 e. The summed E-state index contributed by atoms with van der Waals surface area (Å²) in [6.07, 6.45) is 3.15. The summed E-state index contributed by atoms with van der Waals surface area (Å²) in [4.78, 5) is 0. The van der Waals surface area contributed by atoms with Crippen molar-refractivity contribution in [2.75, 3.05) is 7.11 Å². The summed E-state index contributed by atoms with van der Waals surface area (Å²) in [6.45, 7) is 8.83. The van der Waals surface area contributed by atoms with Gasteiger partial charge in [-0.3, -0.25) is 0 Å². The molecule has 1 nitrogen and oxygen atoms in total. The number of ether oxygens (including phenoxy) is 1. The Balaban J connectivity index is 2.67. The zero-order chi connectivity index (χ0) is 17.0. The quantitative estimate of drug-likeness (QED) is 0.622. The Labute approximate surface area is 139 Å². The molecule has 0 amide bonds. The number of hydrogen-bond acceptors (Lipinski definition) is 1. The molecule has 0 atom stereocenters. The molecule has 0 aliphatic carbocycles. The lowest BCUT2D eigenvalue weighted by atomic mass is 9.76. The van der Waals surface area contributed by atoms with E-state index < -0.39 is 0 Å². The fourth-order valence-electron chi connectivity index (χ4n) is 3.20. The van der Waals surface area contributed by atoms with Crippen molar-refractivity contribution in [3.63, 3.8) is 0 Å². The van der Waals surface area contributed by atoms with Gasteiger partial charge in [-0.05, 0) is 53.1 Å². The zero-order valence-corrected chi connectivity index (χ0v) is 14.9. The molecule has 0 N–H and O–H groups in total. The van der Waals surface area contributed by atoms with Crippen molar-refractivity contribution in [3.05, 3.63) is 53.3 Å². The normalized spacial score (nSPS) is 11.6. The number of methoxy groups -OCH3 is 1. The fraction of sp³-hybridized carbons (Fsp3) is 0.429. The van der Waals surface area contributed by atoms with E-state index in [1.807, 2.05) is 0 Å². The first-order valence-corrected chi connectivity index (χ1v) is 8.40. The first kappa shape index (κ1) is 17.5. The number of benzene rings is 2. The summed E-state index contributed by atoms with van der Waals surface area (Å²) in [6, 6.07) is 11.3. The SMILES string of the molecule is CCCC(C)(C)c1cc(CC)ccc1-c1cc(OC)ccc1F. The van der Waals surface area contributed by atoms with Crippen LogP contribution >= 0.6 is 0 Å². The molecule has 0 aliphatic heterocycles. The van der Waals surface area contributed by atoms with Crippen molar-refractivity contribution in [2.45, 2.75) is 52.4 Å². The lowest BCUT2D eigenvalue weighted by Gasteiger charge is -2.28. The maximum Gasteiger partial charge on any atom is 0.131 e. The van der Waals surface area contributed by atoms with Gasteiger partial charge in [0, 0.05) is 5.56 Å². The average Bonchev–Trinajstić information content (AvgIpc) is 2.55. The van der Waals surface area contributed by atoms with E-state index >= 15 is 0 Å². The minimum absolute atomic E-state index is 0.00474. The molecule has 2 rings (SSSR count). The van der Waals surface area contributed by atoms with Gasteiger partial charge in [0.1, 0.15) is 11.6 Å². The second-order valence-corrected chi connectivity index (χ2v) is 6.71. The number of hydrogen-bond donors (Lipinski definition) is 0. The molecular formula is C21H27FO. The molecule has 0 spiro atoms. The third kappa shape index (κ3) is 3.74. The van der Waals surface area contributed by atoms with Crippen LogP contribution in [0.15, 0.2) is 36.4 Å². The van der Waals surface area contributed by atoms with Gasteiger partial charge in [0.25, 0.3) is 0 Å². The third-order valence-electron chi connectivity index (χ3n) is 4.56. The summed E-state index contributed by atoms with van der Waals surface area (Å²) < 4.78 is 19.8. The van der Waals surface area contributed by atoms with Gasteiger partial charge in [0.15, 0.2) is 0 Å². The number of aryl methyl sites for hydroxylation is 1. The molecule has 0 heterocycles. The van der Waals surface area contributed by atoms with Crippen molar-refractivity contribution in [1.82, 2.24) is 0 Å². The number of halogens is 1. The summed E-state index contributed by atoms with van der Waals surface area (Å²) in [5.41, 5.74) is 4.09. The lowest BCUT2D eigenvalue weighted by Crippen LogP contribution is -2.18. The van der Waals surface area contributed by atoms with Gasteiger partial charge in [-0.25, -0.2) is 4.39 Å². The summed E-state index contributed by atoms with van der Waals surface area (Å²) in [5.74, 6) is 0.476. The predicted octanol–water partition coefficient (Wildman–Crippen LogP) is 6.14. The van der Waals surface area contributed by atoms with Crippen LogP contribution in [0, 0.1) is 5.82 Å². The highest BCUT2D eigenvalue weighted by molar-refractivity contribution is 5.71. The molecule has 0 bridgehead atoms. The molecule has 0 radical (unpaired) electrons. The monoisotopic (exact) mass is 314 g/mol. The van der Waals surface area contributed by atoms with Crippen LogP contribution in [0.2, 0.25) is 0 Å². The van der Waals surface area contributed by atoms with Crippen LogP contribution in [0.4, 0.5) is 4.39 Å². The van der Waals surface area contributed by atoms with Crippen molar-refractivity contribution >= 4 is 0 Å². The van der Waals surface area contributed by atoms with Gasteiger partial charge in [-0.2, -0.15) is 0 Å². The Morgan fingerprint density at radius 3 is 2.35 bits per heavy atom. The lowest BCUT2D eigenvalue weighted by molar-refractivity contribution is 0.414. The first-order valence-electron chi connectivity index (χ1n) is 8.40. The van der Waals surface area contributed by atoms with E-state index in [4.69, 9.17) is 4.74 Å². The highest BCUT2D eigenvalue weighted by Crippen LogP contribution is 2.39. The average molecular weight is 314 g/mol. The Morgan fingerprint density at radius 2 is 1.74 bits per heavy atom. The standard InChI is InChI=1S/C21H27FO/c1-6-12-21(3,4)19-13-15(7-2)8-10-17(19)18-14-16(23-5)9-11-20(18)22/h8-11,13-14H,6-7,12H2,1-5H3. The molecule has 0 aromatic heterocycles. The smallest absolute Gasteiger partial charge is 0.131 e. The van der Waals surface area contributed by atoms with Crippen molar-refractivity contribution in [1.29, 1.82) is 0 Å². The van der Waals surface area contributed by atoms with E-state index in [-0.39, 0.29) is 11.2 Å². The van der Waals surface area contributed by atoms with Gasteiger partial charge in [-0.15, -0.1) is 0 Å². The summed E-state index contributed by atoms with van der Waals surface area (Å²) in [7, 11) is 1.61. The highest BCUT2D eigenvalue weighted by Gasteiger charge is 2.24. The minimum atomic E-state index is -0.205. The highest BCUT2D eigenvalue weighted by atomic mass is 19.1. The molecule has 124 valence electrons. The molecule has 0 saturated heterocycles. The minimum Gasteiger partial charge on any atom is -0.497 e. The van der Waals surface area contributed by atoms with Crippen molar-refractivity contribution < 1.29 is 9.13 Å². The molecule has 0 fully saturated rings. The van der Waals surface area contributed by atoms with Crippen LogP contribution in [0.25, 0.3) is 11.1 Å². The van der Waals surface area contributed by atoms with Crippen LogP contribution in [0.5, 0.6) is 5.75 Å². The summed E-state index contributed by atoms with van der Waals surface area (Å²) >= 11 is 0. The topological polar surface area (TPSA) is 9.23 Å². The Bertz CT molecular complexity index is 674. The molecule has 2 aromatic carbocycles. The van der Waals surface area contributed by atoms with E-state index in [1.165, 1.54) is 17.2 Å². The second-order valence-electron chi connectivity index (χ2n) is 6.71. The van der Waals surface area contributed by atoms with Gasteiger partial charge in [0.2, 0.25) is 0 Å². The Morgan fingerprint density at radius 1 is 1.00 bits per heavy atom. The predicted molar refractivity (Wildman–Crippen MR) is 95.7 cm³/mol. The maximum atomic E-state index is 14.5. The van der Waals surface area contributed by atoms with Gasteiger partial charge < -0.3 is 4.74 Å². The maximum absolute atomic E-state index is 14.5.